The molecule has 7 N–H and O–H groups in total. The number of piperidine rings is 2. The van der Waals surface area contributed by atoms with Crippen molar-refractivity contribution in [3.8, 4) is 0 Å². The molecule has 1 aromatic carbocycles. The summed E-state index contributed by atoms with van der Waals surface area (Å²) in [6.45, 7) is 7.96. The fraction of sp³-hybridized carbons (Fsp3) is 0.500. The molecule has 368 valence electrons. The third kappa shape index (κ3) is 13.3. The van der Waals surface area contributed by atoms with Crippen LogP contribution >= 0.6 is 23.2 Å². The number of nitrogens with one attached hydrogen (secondary N) is 5. The highest BCUT2D eigenvalue weighted by Crippen LogP contribution is 2.30. The first-order valence-corrected chi connectivity index (χ1v) is 24.3. The van der Waals surface area contributed by atoms with Crippen molar-refractivity contribution in [3.05, 3.63) is 88.8 Å². The number of carbonyl (C=O) groups is 4. The molecule has 21 nitrogen and oxygen atoms in total. The monoisotopic (exact) mass is 986 g/mol. The van der Waals surface area contributed by atoms with E-state index in [1.165, 1.54) is 0 Å². The Morgan fingerprint density at radius 3 is 2.38 bits per heavy atom. The summed E-state index contributed by atoms with van der Waals surface area (Å²) in [6, 6.07) is 12.4. The van der Waals surface area contributed by atoms with Crippen molar-refractivity contribution < 1.29 is 23.9 Å². The molecule has 0 radical (unpaired) electrons. The standard InChI is InChI=1S/C46H60Cl2N16O5/c47-33-3-1-32(2-4-33)36(58-45(68)46(49)11-20-62(21-12-46)43-35-7-13-52-42(35)53-31-54-43)10-17-60-24-26-61(27-25-60)40(66)30-51-16-28-69-34-8-18-63(19-9-34)44(67)38-6-5-37(41(48)57-38)56-39(65)29-50-14-22-64-23-15-55-59-64/h1-7,13,15,23,31,34,36,50-51H,8-12,14,16-22,24-30,49H2,(H,56,65)(H,58,68)(H,52,53,54)/t36-/m0/s1. The van der Waals surface area contributed by atoms with Gasteiger partial charge in [-0.1, -0.05) is 40.5 Å². The Balaban J connectivity index is 0.696. The Labute approximate surface area is 410 Å². The molecule has 3 saturated heterocycles. The molecule has 5 aromatic rings. The van der Waals surface area contributed by atoms with Gasteiger partial charge in [0.25, 0.3) is 5.91 Å². The summed E-state index contributed by atoms with van der Waals surface area (Å²) < 4.78 is 7.75. The van der Waals surface area contributed by atoms with Gasteiger partial charge in [-0.2, -0.15) is 0 Å². The third-order valence-electron chi connectivity index (χ3n) is 13.0. The predicted octanol–water partition coefficient (Wildman–Crippen LogP) is 2.08. The van der Waals surface area contributed by atoms with Crippen LogP contribution in [0.5, 0.6) is 0 Å². The van der Waals surface area contributed by atoms with Gasteiger partial charge in [0.15, 0.2) is 5.15 Å². The van der Waals surface area contributed by atoms with E-state index in [1.54, 1.807) is 40.4 Å². The highest BCUT2D eigenvalue weighted by molar-refractivity contribution is 6.32. The van der Waals surface area contributed by atoms with Gasteiger partial charge in [-0.05, 0) is 68.0 Å². The predicted molar refractivity (Wildman–Crippen MR) is 261 cm³/mol. The largest absolute Gasteiger partial charge is 0.377 e. The van der Waals surface area contributed by atoms with E-state index in [4.69, 9.17) is 33.7 Å². The van der Waals surface area contributed by atoms with Crippen molar-refractivity contribution in [1.29, 1.82) is 0 Å². The number of anilines is 2. The lowest BCUT2D eigenvalue weighted by Gasteiger charge is -2.39. The van der Waals surface area contributed by atoms with Gasteiger partial charge in [0.1, 0.15) is 23.5 Å². The lowest BCUT2D eigenvalue weighted by molar-refractivity contribution is -0.132. The van der Waals surface area contributed by atoms with Gasteiger partial charge in [-0.3, -0.25) is 28.8 Å². The van der Waals surface area contributed by atoms with Crippen LogP contribution in [-0.4, -0.2) is 177 Å². The first-order chi connectivity index (χ1) is 33.5. The van der Waals surface area contributed by atoms with E-state index in [0.717, 1.165) is 42.0 Å². The number of H-pyrrole nitrogens is 1. The van der Waals surface area contributed by atoms with Crippen molar-refractivity contribution in [2.24, 2.45) is 5.73 Å². The highest BCUT2D eigenvalue weighted by Gasteiger charge is 2.39. The first-order valence-electron chi connectivity index (χ1n) is 23.5. The van der Waals surface area contributed by atoms with Gasteiger partial charge in [0.05, 0.1) is 61.2 Å². The van der Waals surface area contributed by atoms with Crippen LogP contribution in [0, 0.1) is 0 Å². The number of halogens is 2. The van der Waals surface area contributed by atoms with Crippen molar-refractivity contribution in [2.45, 2.75) is 56.3 Å². The summed E-state index contributed by atoms with van der Waals surface area (Å²) in [7, 11) is 0. The quantitative estimate of drug-likeness (QED) is 0.0483. The Hall–Kier alpha value is -5.81. The summed E-state index contributed by atoms with van der Waals surface area (Å²) in [5.41, 5.74) is 8.07. The van der Waals surface area contributed by atoms with Gasteiger partial charge >= 0.3 is 0 Å². The second kappa shape index (κ2) is 23.7. The van der Waals surface area contributed by atoms with E-state index in [1.807, 2.05) is 41.4 Å². The summed E-state index contributed by atoms with van der Waals surface area (Å²) in [4.78, 5) is 77.0. The number of piperazine rings is 1. The van der Waals surface area contributed by atoms with Crippen molar-refractivity contribution in [1.82, 2.24) is 65.6 Å². The van der Waals surface area contributed by atoms with E-state index < -0.39 is 5.54 Å². The smallest absolute Gasteiger partial charge is 0.272 e. The second-order valence-electron chi connectivity index (χ2n) is 17.6. The Bertz CT molecular complexity index is 2490. The van der Waals surface area contributed by atoms with Crippen LogP contribution in [0.25, 0.3) is 11.0 Å². The molecule has 3 aliphatic heterocycles. The molecule has 1 atom stereocenters. The summed E-state index contributed by atoms with van der Waals surface area (Å²) >= 11 is 12.6. The fourth-order valence-corrected chi connectivity index (χ4v) is 9.22. The molecule has 0 spiro atoms. The lowest BCUT2D eigenvalue weighted by atomic mass is 9.87. The number of nitrogens with zero attached hydrogens (tertiary/aromatic N) is 10. The maximum absolute atomic E-state index is 13.9. The second-order valence-corrected chi connectivity index (χ2v) is 18.4. The third-order valence-corrected chi connectivity index (χ3v) is 13.6. The molecule has 0 saturated carbocycles. The Kier molecular flexibility index (Phi) is 17.0. The van der Waals surface area contributed by atoms with Crippen LogP contribution in [0.1, 0.15) is 54.2 Å². The number of nitrogens with two attached hydrogens (primary N) is 1. The van der Waals surface area contributed by atoms with Gasteiger partial charge in [0, 0.05) is 89.4 Å². The molecule has 3 aliphatic rings. The highest BCUT2D eigenvalue weighted by atomic mass is 35.5. The lowest BCUT2D eigenvalue weighted by Crippen LogP contribution is -2.60. The minimum atomic E-state index is -1.02. The Morgan fingerprint density at radius 1 is 0.870 bits per heavy atom. The number of fused-ring (bicyclic) bond motifs is 1. The number of hydrogen-bond acceptors (Lipinski definition) is 15. The first kappa shape index (κ1) is 49.6. The van der Waals surface area contributed by atoms with E-state index in [0.29, 0.717) is 108 Å². The van der Waals surface area contributed by atoms with Crippen molar-refractivity contribution in [2.75, 3.05) is 102 Å². The molecule has 0 bridgehead atoms. The summed E-state index contributed by atoms with van der Waals surface area (Å²) in [6.07, 6.45) is 9.69. The van der Waals surface area contributed by atoms with Crippen LogP contribution in [0.3, 0.4) is 0 Å². The summed E-state index contributed by atoms with van der Waals surface area (Å²) in [5.74, 6) is 0.186. The number of carbonyl (C=O) groups excluding carboxylic acids is 4. The molecule has 3 fully saturated rings. The van der Waals surface area contributed by atoms with Gasteiger partial charge in [-0.25, -0.2) is 15.0 Å². The zero-order chi connectivity index (χ0) is 48.2. The number of likely N-dealkylation sites (tertiary alicyclic amines) is 1. The van der Waals surface area contributed by atoms with Crippen LogP contribution in [-0.2, 0) is 25.7 Å². The fourth-order valence-electron chi connectivity index (χ4n) is 8.89. The number of ether oxygens (including phenoxy) is 1. The molecular weight excluding hydrogens is 928 g/mol. The number of hydrogen-bond donors (Lipinski definition) is 6. The van der Waals surface area contributed by atoms with Crippen LogP contribution in [0.2, 0.25) is 10.2 Å². The maximum atomic E-state index is 13.9. The SMILES string of the molecule is NC1(C(=O)N[C@@H](CCN2CCN(C(=O)CNCCOC3CCN(C(=O)c4ccc(NC(=O)CNCCn5ccnn5)c(Cl)n4)CC3)CC2)c2ccc(Cl)cc2)CCN(c2ncnc3[nH]ccc23)CC1. The molecular formula is C46H60Cl2N16O5. The van der Waals surface area contributed by atoms with E-state index in [9.17, 15) is 19.2 Å². The molecule has 4 amide bonds. The molecule has 4 aromatic heterocycles. The number of benzene rings is 1. The van der Waals surface area contributed by atoms with Gasteiger partial charge in [0.2, 0.25) is 17.7 Å². The minimum absolute atomic E-state index is 0.00622. The number of aromatic amines is 1. The number of pyridine rings is 1. The molecule has 23 heteroatoms. The van der Waals surface area contributed by atoms with Gasteiger partial charge in [-0.15, -0.1) is 5.10 Å². The normalized spacial score (nSPS) is 17.2. The number of amides is 4. The van der Waals surface area contributed by atoms with Crippen LogP contribution in [0.15, 0.2) is 67.4 Å². The molecule has 8 rings (SSSR count). The summed E-state index contributed by atoms with van der Waals surface area (Å²) in [5, 5.41) is 21.5. The van der Waals surface area contributed by atoms with E-state index in [-0.39, 0.29) is 59.7 Å². The van der Waals surface area contributed by atoms with Crippen molar-refractivity contribution >= 4 is 69.4 Å². The number of rotatable bonds is 20. The molecule has 0 unspecified atom stereocenters. The molecule has 7 heterocycles. The van der Waals surface area contributed by atoms with Crippen LogP contribution in [0.4, 0.5) is 11.5 Å². The van der Waals surface area contributed by atoms with Crippen molar-refractivity contribution in [3.63, 3.8) is 0 Å². The van der Waals surface area contributed by atoms with Gasteiger partial charge < -0.3 is 51.4 Å². The minimum Gasteiger partial charge on any atom is -0.377 e. The van der Waals surface area contributed by atoms with Crippen LogP contribution < -0.4 is 31.9 Å². The average molecular weight is 988 g/mol. The zero-order valence-electron chi connectivity index (χ0n) is 38.5. The topological polar surface area (TPSA) is 250 Å². The molecule has 0 aliphatic carbocycles. The Morgan fingerprint density at radius 2 is 1.64 bits per heavy atom. The zero-order valence-corrected chi connectivity index (χ0v) is 40.0. The number of aromatic nitrogens is 7. The van der Waals surface area contributed by atoms with E-state index in [2.05, 4.69) is 61.3 Å². The molecule has 69 heavy (non-hydrogen) atoms. The van der Waals surface area contributed by atoms with E-state index >= 15 is 0 Å². The maximum Gasteiger partial charge on any atom is 0.272 e. The average Bonchev–Trinajstić information content (AvgIpc) is 4.09.